The number of aromatic nitrogens is 1. The van der Waals surface area contributed by atoms with Gasteiger partial charge in [0.1, 0.15) is 11.4 Å². The van der Waals surface area contributed by atoms with E-state index in [0.717, 1.165) is 19.4 Å². The monoisotopic (exact) mass is 265 g/mol. The molecule has 0 radical (unpaired) electrons. The highest BCUT2D eigenvalue weighted by Crippen LogP contribution is 2.26. The maximum absolute atomic E-state index is 11.7. The van der Waals surface area contributed by atoms with Crippen LogP contribution in [0.1, 0.15) is 30.1 Å². The van der Waals surface area contributed by atoms with E-state index in [2.05, 4.69) is 10.3 Å². The quantitative estimate of drug-likeness (QED) is 0.804. The predicted octanol–water partition coefficient (Wildman–Crippen LogP) is 1.43. The molecule has 3 N–H and O–H groups in total. The van der Waals surface area contributed by atoms with Gasteiger partial charge in [0, 0.05) is 6.61 Å². The third-order valence-corrected chi connectivity index (χ3v) is 3.17. The number of esters is 1. The van der Waals surface area contributed by atoms with Gasteiger partial charge in [-0.15, -0.1) is 0 Å². The predicted molar refractivity (Wildman–Crippen MR) is 72.1 cm³/mol. The van der Waals surface area contributed by atoms with Gasteiger partial charge in [0.25, 0.3) is 0 Å². The highest BCUT2D eigenvalue weighted by atomic mass is 16.5. The molecule has 6 heteroatoms. The van der Waals surface area contributed by atoms with E-state index in [0.29, 0.717) is 23.7 Å². The van der Waals surface area contributed by atoms with Gasteiger partial charge in [0.05, 0.1) is 31.1 Å². The lowest BCUT2D eigenvalue weighted by Crippen LogP contribution is -2.43. The topological polar surface area (TPSA) is 86.5 Å². The first-order chi connectivity index (χ1) is 9.04. The van der Waals surface area contributed by atoms with Crippen LogP contribution in [0.4, 0.5) is 11.5 Å². The molecule has 2 rings (SSSR count). The fraction of sp³-hybridized carbons (Fsp3) is 0.538. The van der Waals surface area contributed by atoms with Crippen LogP contribution in [-0.4, -0.2) is 36.8 Å². The van der Waals surface area contributed by atoms with Crippen molar-refractivity contribution in [1.29, 1.82) is 0 Å². The van der Waals surface area contributed by atoms with E-state index in [1.165, 1.54) is 13.3 Å². The Balaban J connectivity index is 2.26. The molecule has 1 fully saturated rings. The number of nitrogens with one attached hydrogen (secondary N) is 1. The molecule has 1 aliphatic rings. The SMILES string of the molecule is COC(=O)c1cc(N)cnc1NC1(C)CCCOC1. The van der Waals surface area contributed by atoms with Crippen LogP contribution in [0.25, 0.3) is 0 Å². The van der Waals surface area contributed by atoms with Crippen LogP contribution >= 0.6 is 0 Å². The largest absolute Gasteiger partial charge is 0.465 e. The van der Waals surface area contributed by atoms with E-state index < -0.39 is 5.97 Å². The highest BCUT2D eigenvalue weighted by Gasteiger charge is 2.29. The third-order valence-electron chi connectivity index (χ3n) is 3.17. The summed E-state index contributed by atoms with van der Waals surface area (Å²) in [6.07, 6.45) is 3.45. The van der Waals surface area contributed by atoms with Crippen molar-refractivity contribution < 1.29 is 14.3 Å². The van der Waals surface area contributed by atoms with Crippen molar-refractivity contribution in [2.45, 2.75) is 25.3 Å². The average molecular weight is 265 g/mol. The van der Waals surface area contributed by atoms with Crippen LogP contribution in [0.2, 0.25) is 0 Å². The molecule has 0 bridgehead atoms. The Morgan fingerprint density at radius 3 is 3.05 bits per heavy atom. The van der Waals surface area contributed by atoms with Crippen LogP contribution in [-0.2, 0) is 9.47 Å². The van der Waals surface area contributed by atoms with Gasteiger partial charge in [-0.25, -0.2) is 9.78 Å². The Morgan fingerprint density at radius 2 is 2.42 bits per heavy atom. The number of carbonyl (C=O) groups is 1. The minimum Gasteiger partial charge on any atom is -0.465 e. The second-order valence-corrected chi connectivity index (χ2v) is 5.00. The molecule has 1 atom stereocenters. The Labute approximate surface area is 112 Å². The summed E-state index contributed by atoms with van der Waals surface area (Å²) in [5.74, 6) is 0.0247. The lowest BCUT2D eigenvalue weighted by atomic mass is 9.94. The lowest BCUT2D eigenvalue weighted by Gasteiger charge is -2.35. The molecular formula is C13H19N3O3. The van der Waals surface area contributed by atoms with E-state index in [1.54, 1.807) is 6.07 Å². The Kier molecular flexibility index (Phi) is 3.90. The fourth-order valence-corrected chi connectivity index (χ4v) is 2.16. The molecule has 6 nitrogen and oxygen atoms in total. The number of hydrogen-bond donors (Lipinski definition) is 2. The van der Waals surface area contributed by atoms with E-state index in [1.807, 2.05) is 6.92 Å². The molecule has 1 aromatic rings. The molecule has 104 valence electrons. The summed E-state index contributed by atoms with van der Waals surface area (Å²) in [7, 11) is 1.33. The molecule has 2 heterocycles. The molecule has 0 saturated carbocycles. The Bertz CT molecular complexity index is 470. The number of nitrogens with two attached hydrogens (primary N) is 1. The summed E-state index contributed by atoms with van der Waals surface area (Å²) in [5, 5.41) is 3.28. The fourth-order valence-electron chi connectivity index (χ4n) is 2.16. The van der Waals surface area contributed by atoms with Gasteiger partial charge < -0.3 is 20.5 Å². The molecule has 19 heavy (non-hydrogen) atoms. The van der Waals surface area contributed by atoms with Crippen LogP contribution in [0.5, 0.6) is 0 Å². The van der Waals surface area contributed by atoms with Crippen LogP contribution in [0.15, 0.2) is 12.3 Å². The van der Waals surface area contributed by atoms with E-state index in [-0.39, 0.29) is 5.54 Å². The van der Waals surface area contributed by atoms with Crippen molar-refractivity contribution in [2.24, 2.45) is 0 Å². The summed E-state index contributed by atoms with van der Waals surface area (Å²) < 4.78 is 10.2. The standard InChI is InChI=1S/C13H19N3O3/c1-13(4-3-5-19-8-13)16-11-10(12(17)18-2)6-9(14)7-15-11/h6-7H,3-5,8,14H2,1-2H3,(H,15,16). The van der Waals surface area contributed by atoms with Gasteiger partial charge in [-0.1, -0.05) is 0 Å². The lowest BCUT2D eigenvalue weighted by molar-refractivity contribution is 0.0533. The van der Waals surface area contributed by atoms with Crippen LogP contribution in [0.3, 0.4) is 0 Å². The summed E-state index contributed by atoms with van der Waals surface area (Å²) in [5.41, 5.74) is 6.20. The third kappa shape index (κ3) is 3.14. The van der Waals surface area contributed by atoms with Crippen LogP contribution < -0.4 is 11.1 Å². The van der Waals surface area contributed by atoms with Gasteiger partial charge >= 0.3 is 5.97 Å². The molecule has 1 unspecified atom stereocenters. The summed E-state index contributed by atoms with van der Waals surface area (Å²) in [4.78, 5) is 15.9. The van der Waals surface area contributed by atoms with Gasteiger partial charge in [-0.3, -0.25) is 0 Å². The zero-order chi connectivity index (χ0) is 13.9. The van der Waals surface area contributed by atoms with Crippen molar-refractivity contribution in [2.75, 3.05) is 31.4 Å². The number of hydrogen-bond acceptors (Lipinski definition) is 6. The summed E-state index contributed by atoms with van der Waals surface area (Å²) >= 11 is 0. The normalized spacial score (nSPS) is 22.8. The number of pyridine rings is 1. The number of nitrogens with zero attached hydrogens (tertiary/aromatic N) is 1. The van der Waals surface area contributed by atoms with Crippen molar-refractivity contribution in [3.8, 4) is 0 Å². The minimum atomic E-state index is -0.456. The smallest absolute Gasteiger partial charge is 0.341 e. The van der Waals surface area contributed by atoms with E-state index in [9.17, 15) is 4.79 Å². The first kappa shape index (κ1) is 13.6. The molecule has 1 aliphatic heterocycles. The van der Waals surface area contributed by atoms with E-state index in [4.69, 9.17) is 15.2 Å². The van der Waals surface area contributed by atoms with Gasteiger partial charge in [-0.05, 0) is 25.8 Å². The number of ether oxygens (including phenoxy) is 2. The maximum Gasteiger partial charge on any atom is 0.341 e. The second-order valence-electron chi connectivity index (χ2n) is 5.00. The molecule has 0 aliphatic carbocycles. The maximum atomic E-state index is 11.7. The van der Waals surface area contributed by atoms with E-state index >= 15 is 0 Å². The van der Waals surface area contributed by atoms with Gasteiger partial charge in [0.2, 0.25) is 0 Å². The molecule has 1 saturated heterocycles. The number of rotatable bonds is 3. The first-order valence-electron chi connectivity index (χ1n) is 6.24. The minimum absolute atomic E-state index is 0.232. The van der Waals surface area contributed by atoms with Gasteiger partial charge in [0.15, 0.2) is 0 Å². The summed E-state index contributed by atoms with van der Waals surface area (Å²) in [6, 6.07) is 1.56. The molecule has 0 spiro atoms. The number of methoxy groups -OCH3 is 1. The molecule has 1 aromatic heterocycles. The van der Waals surface area contributed by atoms with Crippen LogP contribution in [0, 0.1) is 0 Å². The number of carbonyl (C=O) groups excluding carboxylic acids is 1. The number of nitrogen functional groups attached to an aromatic ring is 1. The molecule has 0 aromatic carbocycles. The zero-order valence-corrected chi connectivity index (χ0v) is 11.2. The Hall–Kier alpha value is -1.82. The van der Waals surface area contributed by atoms with Crippen molar-refractivity contribution in [1.82, 2.24) is 4.98 Å². The van der Waals surface area contributed by atoms with Crippen molar-refractivity contribution >= 4 is 17.5 Å². The van der Waals surface area contributed by atoms with Crippen molar-refractivity contribution in [3.63, 3.8) is 0 Å². The Morgan fingerprint density at radius 1 is 1.63 bits per heavy atom. The number of anilines is 2. The first-order valence-corrected chi connectivity index (χ1v) is 6.24. The zero-order valence-electron chi connectivity index (χ0n) is 11.2. The van der Waals surface area contributed by atoms with Crippen molar-refractivity contribution in [3.05, 3.63) is 17.8 Å². The second kappa shape index (κ2) is 5.44. The average Bonchev–Trinajstić information content (AvgIpc) is 2.40. The molecular weight excluding hydrogens is 246 g/mol. The highest BCUT2D eigenvalue weighted by molar-refractivity contribution is 5.95. The van der Waals surface area contributed by atoms with Gasteiger partial charge in [-0.2, -0.15) is 0 Å². The molecule has 0 amide bonds. The summed E-state index contributed by atoms with van der Waals surface area (Å²) in [6.45, 7) is 3.40.